The van der Waals surface area contributed by atoms with Gasteiger partial charge in [0.15, 0.2) is 0 Å². The van der Waals surface area contributed by atoms with Crippen molar-refractivity contribution in [3.8, 4) is 0 Å². The molecule has 0 aliphatic carbocycles. The molecule has 26 heavy (non-hydrogen) atoms. The fourth-order valence-electron chi connectivity index (χ4n) is 2.89. The summed E-state index contributed by atoms with van der Waals surface area (Å²) in [4.78, 5) is 59.9. The number of carbonyl (C=O) groups excluding carboxylic acids is 5. The minimum absolute atomic E-state index is 0.00865. The molecule has 5 amide bonds. The quantitative estimate of drug-likeness (QED) is 0.728. The number of nitrogens with zero attached hydrogens (tertiary/aromatic N) is 1. The van der Waals surface area contributed by atoms with E-state index in [9.17, 15) is 32.8 Å². The Hall–Kier alpha value is -3.17. The van der Waals surface area contributed by atoms with E-state index in [0.29, 0.717) is 5.56 Å². The molecule has 2 heterocycles. The zero-order valence-electron chi connectivity index (χ0n) is 13.3. The van der Waals surface area contributed by atoms with Gasteiger partial charge in [-0.25, -0.2) is 0 Å². The van der Waals surface area contributed by atoms with Crippen LogP contribution in [0.2, 0.25) is 0 Å². The number of fused-ring (bicyclic) bond motifs is 1. The first-order valence-corrected chi connectivity index (χ1v) is 7.70. The van der Waals surface area contributed by atoms with Crippen LogP contribution in [0.25, 0.3) is 0 Å². The van der Waals surface area contributed by atoms with Crippen LogP contribution in [-0.2, 0) is 20.9 Å². The van der Waals surface area contributed by atoms with Crippen LogP contribution in [0.3, 0.4) is 0 Å². The fraction of sp³-hybridized carbons (Fsp3) is 0.312. The summed E-state index contributed by atoms with van der Waals surface area (Å²) in [5.41, 5.74) is 0.441. The number of benzene rings is 1. The van der Waals surface area contributed by atoms with Crippen LogP contribution in [0.5, 0.6) is 0 Å². The number of piperidine rings is 1. The lowest BCUT2D eigenvalue weighted by Gasteiger charge is -2.27. The molecule has 2 aliphatic rings. The van der Waals surface area contributed by atoms with Crippen LogP contribution in [0.4, 0.5) is 8.78 Å². The summed E-state index contributed by atoms with van der Waals surface area (Å²) in [6.07, 6.45) is -3.11. The number of amides is 5. The molecular weight excluding hydrogens is 352 g/mol. The van der Waals surface area contributed by atoms with Crippen LogP contribution >= 0.6 is 0 Å². The van der Waals surface area contributed by atoms with Gasteiger partial charge in [0.05, 0.1) is 11.1 Å². The van der Waals surface area contributed by atoms with Gasteiger partial charge >= 0.3 is 6.43 Å². The van der Waals surface area contributed by atoms with Gasteiger partial charge in [0.1, 0.15) is 6.04 Å². The minimum Gasteiger partial charge on any atom is -0.347 e. The predicted molar refractivity (Wildman–Crippen MR) is 81.0 cm³/mol. The maximum atomic E-state index is 12.6. The van der Waals surface area contributed by atoms with E-state index in [-0.39, 0.29) is 30.5 Å². The monoisotopic (exact) mass is 365 g/mol. The lowest BCUT2D eigenvalue weighted by atomic mass is 10.0. The van der Waals surface area contributed by atoms with Crippen molar-refractivity contribution in [1.82, 2.24) is 15.5 Å². The molecule has 0 saturated carbocycles. The highest BCUT2D eigenvalue weighted by molar-refractivity contribution is 6.23. The topological polar surface area (TPSA) is 113 Å². The van der Waals surface area contributed by atoms with Crippen LogP contribution in [0.1, 0.15) is 39.1 Å². The standard InChI is InChI=1S/C16H13F2N3O5/c17-12(18)14(24)19-6-7-1-2-8-9(5-7)16(26)21(15(8)25)10-3-4-11(22)20-13(10)23/h1-2,5,10,12H,3-4,6H2,(H,19,24)(H,20,22,23). The third-order valence-corrected chi connectivity index (χ3v) is 4.17. The van der Waals surface area contributed by atoms with Crippen LogP contribution in [0, 0.1) is 0 Å². The number of rotatable bonds is 4. The molecule has 0 radical (unpaired) electrons. The van der Waals surface area contributed by atoms with Crippen molar-refractivity contribution < 1.29 is 32.8 Å². The Balaban J connectivity index is 1.80. The van der Waals surface area contributed by atoms with Gasteiger partial charge in [-0.3, -0.25) is 34.2 Å². The molecule has 8 nitrogen and oxygen atoms in total. The fourth-order valence-corrected chi connectivity index (χ4v) is 2.89. The molecule has 0 aromatic heterocycles. The Morgan fingerprint density at radius 1 is 1.19 bits per heavy atom. The van der Waals surface area contributed by atoms with E-state index >= 15 is 0 Å². The molecule has 1 unspecified atom stereocenters. The molecule has 3 rings (SSSR count). The van der Waals surface area contributed by atoms with Gasteiger partial charge in [0.25, 0.3) is 17.7 Å². The first kappa shape index (κ1) is 17.6. The van der Waals surface area contributed by atoms with Gasteiger partial charge in [-0.05, 0) is 24.1 Å². The zero-order chi connectivity index (χ0) is 19.0. The number of hydrogen-bond donors (Lipinski definition) is 2. The Labute approximate surface area is 145 Å². The molecule has 136 valence electrons. The van der Waals surface area contributed by atoms with E-state index in [4.69, 9.17) is 0 Å². The van der Waals surface area contributed by atoms with E-state index in [1.807, 2.05) is 5.32 Å². The second-order valence-corrected chi connectivity index (χ2v) is 5.85. The van der Waals surface area contributed by atoms with Crippen molar-refractivity contribution in [1.29, 1.82) is 0 Å². The molecule has 1 fully saturated rings. The second-order valence-electron chi connectivity index (χ2n) is 5.85. The third kappa shape index (κ3) is 3.05. The molecule has 1 saturated heterocycles. The van der Waals surface area contributed by atoms with E-state index in [1.165, 1.54) is 18.2 Å². The average Bonchev–Trinajstić information content (AvgIpc) is 2.84. The maximum Gasteiger partial charge on any atom is 0.315 e. The van der Waals surface area contributed by atoms with E-state index in [0.717, 1.165) is 4.90 Å². The predicted octanol–water partition coefficient (Wildman–Crippen LogP) is -0.0309. The Bertz CT molecular complexity index is 839. The van der Waals surface area contributed by atoms with Gasteiger partial charge < -0.3 is 5.32 Å². The van der Waals surface area contributed by atoms with Gasteiger partial charge in [-0.1, -0.05) is 6.07 Å². The Morgan fingerprint density at radius 2 is 1.88 bits per heavy atom. The molecule has 1 aromatic rings. The second kappa shape index (κ2) is 6.62. The Kier molecular flexibility index (Phi) is 4.49. The Morgan fingerprint density at radius 3 is 2.54 bits per heavy atom. The van der Waals surface area contributed by atoms with Gasteiger partial charge in [0, 0.05) is 13.0 Å². The molecule has 1 atom stereocenters. The van der Waals surface area contributed by atoms with Crippen molar-refractivity contribution in [2.24, 2.45) is 0 Å². The molecular formula is C16H13F2N3O5. The van der Waals surface area contributed by atoms with E-state index < -0.39 is 42.0 Å². The lowest BCUT2D eigenvalue weighted by molar-refractivity contribution is -0.136. The zero-order valence-corrected chi connectivity index (χ0v) is 13.3. The number of nitrogens with one attached hydrogen (secondary N) is 2. The van der Waals surface area contributed by atoms with E-state index in [1.54, 1.807) is 0 Å². The highest BCUT2D eigenvalue weighted by Crippen LogP contribution is 2.28. The maximum absolute atomic E-state index is 12.6. The van der Waals surface area contributed by atoms with Crippen LogP contribution in [0.15, 0.2) is 18.2 Å². The van der Waals surface area contributed by atoms with Gasteiger partial charge in [-0.2, -0.15) is 8.78 Å². The van der Waals surface area contributed by atoms with Crippen molar-refractivity contribution in [2.75, 3.05) is 0 Å². The number of halogens is 2. The summed E-state index contributed by atoms with van der Waals surface area (Å²) in [7, 11) is 0. The van der Waals surface area contributed by atoms with Gasteiger partial charge in [0.2, 0.25) is 11.8 Å². The van der Waals surface area contributed by atoms with Crippen LogP contribution < -0.4 is 10.6 Å². The number of alkyl halides is 2. The van der Waals surface area contributed by atoms with Crippen molar-refractivity contribution in [3.63, 3.8) is 0 Å². The summed E-state index contributed by atoms with van der Waals surface area (Å²) in [5, 5.41) is 4.09. The summed E-state index contributed by atoms with van der Waals surface area (Å²) in [6.45, 7) is -0.240. The van der Waals surface area contributed by atoms with Gasteiger partial charge in [-0.15, -0.1) is 0 Å². The summed E-state index contributed by atoms with van der Waals surface area (Å²) >= 11 is 0. The first-order valence-electron chi connectivity index (χ1n) is 7.70. The molecule has 2 N–H and O–H groups in total. The highest BCUT2D eigenvalue weighted by atomic mass is 19.3. The molecule has 0 bridgehead atoms. The lowest BCUT2D eigenvalue weighted by Crippen LogP contribution is -2.54. The molecule has 10 heteroatoms. The van der Waals surface area contributed by atoms with Crippen LogP contribution in [-0.4, -0.2) is 46.9 Å². The summed E-state index contributed by atoms with van der Waals surface area (Å²) in [5.74, 6) is -4.01. The third-order valence-electron chi connectivity index (χ3n) is 4.17. The molecule has 0 spiro atoms. The van der Waals surface area contributed by atoms with E-state index in [2.05, 4.69) is 5.32 Å². The van der Waals surface area contributed by atoms with Crippen molar-refractivity contribution >= 4 is 29.5 Å². The van der Waals surface area contributed by atoms with Crippen molar-refractivity contribution in [3.05, 3.63) is 34.9 Å². The number of imide groups is 2. The van der Waals surface area contributed by atoms with Crippen molar-refractivity contribution in [2.45, 2.75) is 31.9 Å². The number of hydrogen-bond acceptors (Lipinski definition) is 5. The largest absolute Gasteiger partial charge is 0.347 e. The summed E-state index contributed by atoms with van der Waals surface area (Å²) < 4.78 is 24.4. The number of carbonyl (C=O) groups is 5. The minimum atomic E-state index is -3.16. The highest BCUT2D eigenvalue weighted by Gasteiger charge is 2.44. The normalized spacial score (nSPS) is 19.7. The average molecular weight is 365 g/mol. The first-order chi connectivity index (χ1) is 12.3. The smallest absolute Gasteiger partial charge is 0.315 e. The molecule has 1 aromatic carbocycles. The summed E-state index contributed by atoms with van der Waals surface area (Å²) in [6, 6.07) is 2.99. The SMILES string of the molecule is O=C1CCC(N2C(=O)c3ccc(CNC(=O)C(F)F)cc3C2=O)C(=O)N1. The molecule has 2 aliphatic heterocycles.